The SMILES string of the molecule is C=CCN1CCC2(C1)CN(C(=O)c1c(C)cccc1F)C2. The van der Waals surface area contributed by atoms with Gasteiger partial charge in [0.25, 0.3) is 5.91 Å². The third-order valence-corrected chi connectivity index (χ3v) is 4.68. The minimum atomic E-state index is -0.416. The van der Waals surface area contributed by atoms with Crippen LogP contribution in [0, 0.1) is 18.2 Å². The van der Waals surface area contributed by atoms with Gasteiger partial charge >= 0.3 is 0 Å². The second kappa shape index (κ2) is 5.26. The summed E-state index contributed by atoms with van der Waals surface area (Å²) in [6, 6.07) is 4.79. The molecule has 21 heavy (non-hydrogen) atoms. The molecule has 2 aliphatic rings. The first-order chi connectivity index (χ1) is 10.0. The Morgan fingerprint density at radius 2 is 2.19 bits per heavy atom. The van der Waals surface area contributed by atoms with E-state index in [1.54, 1.807) is 24.0 Å². The molecule has 0 saturated carbocycles. The summed E-state index contributed by atoms with van der Waals surface area (Å²) in [5.41, 5.74) is 1.16. The predicted octanol–water partition coefficient (Wildman–Crippen LogP) is 2.47. The fraction of sp³-hybridized carbons (Fsp3) is 0.471. The van der Waals surface area contributed by atoms with Crippen molar-refractivity contribution in [2.75, 3.05) is 32.7 Å². The van der Waals surface area contributed by atoms with Gasteiger partial charge in [0.15, 0.2) is 0 Å². The molecule has 2 saturated heterocycles. The topological polar surface area (TPSA) is 23.6 Å². The number of amides is 1. The average Bonchev–Trinajstić information content (AvgIpc) is 2.81. The van der Waals surface area contributed by atoms with Gasteiger partial charge in [-0.05, 0) is 31.5 Å². The van der Waals surface area contributed by atoms with Crippen LogP contribution < -0.4 is 0 Å². The third kappa shape index (κ3) is 2.48. The lowest BCUT2D eigenvalue weighted by molar-refractivity contribution is 0.0108. The van der Waals surface area contributed by atoms with Gasteiger partial charge < -0.3 is 4.90 Å². The van der Waals surface area contributed by atoms with E-state index in [-0.39, 0.29) is 16.9 Å². The van der Waals surface area contributed by atoms with Crippen LogP contribution in [0.1, 0.15) is 22.3 Å². The maximum Gasteiger partial charge on any atom is 0.257 e. The fourth-order valence-corrected chi connectivity index (χ4v) is 3.59. The fourth-order valence-electron chi connectivity index (χ4n) is 3.59. The highest BCUT2D eigenvalue weighted by Gasteiger charge is 2.49. The van der Waals surface area contributed by atoms with E-state index < -0.39 is 5.82 Å². The molecule has 2 aliphatic heterocycles. The van der Waals surface area contributed by atoms with Gasteiger partial charge in [0.05, 0.1) is 5.56 Å². The van der Waals surface area contributed by atoms with Crippen molar-refractivity contribution in [2.45, 2.75) is 13.3 Å². The number of likely N-dealkylation sites (tertiary alicyclic amines) is 2. The number of rotatable bonds is 3. The van der Waals surface area contributed by atoms with Crippen molar-refractivity contribution >= 4 is 5.91 Å². The Morgan fingerprint density at radius 3 is 2.86 bits per heavy atom. The van der Waals surface area contributed by atoms with E-state index in [2.05, 4.69) is 11.5 Å². The summed E-state index contributed by atoms with van der Waals surface area (Å²) in [4.78, 5) is 16.6. The van der Waals surface area contributed by atoms with Gasteiger partial charge in [-0.1, -0.05) is 18.2 Å². The second-order valence-electron chi connectivity index (χ2n) is 6.37. The first kappa shape index (κ1) is 14.3. The van der Waals surface area contributed by atoms with Crippen molar-refractivity contribution in [1.82, 2.24) is 9.80 Å². The maximum atomic E-state index is 13.9. The molecule has 0 bridgehead atoms. The van der Waals surface area contributed by atoms with Crippen LogP contribution in [0.4, 0.5) is 4.39 Å². The van der Waals surface area contributed by atoms with Crippen molar-refractivity contribution in [2.24, 2.45) is 5.41 Å². The van der Waals surface area contributed by atoms with Gasteiger partial charge in [0, 0.05) is 31.6 Å². The van der Waals surface area contributed by atoms with Gasteiger partial charge in [0.1, 0.15) is 5.82 Å². The maximum absolute atomic E-state index is 13.9. The molecule has 112 valence electrons. The lowest BCUT2D eigenvalue weighted by Gasteiger charge is -2.48. The summed E-state index contributed by atoms with van der Waals surface area (Å²) in [6.07, 6.45) is 3.03. The molecule has 1 spiro atoms. The highest BCUT2D eigenvalue weighted by molar-refractivity contribution is 5.96. The Hall–Kier alpha value is -1.68. The Morgan fingerprint density at radius 1 is 1.43 bits per heavy atom. The Bertz CT molecular complexity index is 558. The van der Waals surface area contributed by atoms with Gasteiger partial charge in [-0.25, -0.2) is 4.39 Å². The molecular formula is C17H21FN2O. The highest BCUT2D eigenvalue weighted by atomic mass is 19.1. The third-order valence-electron chi connectivity index (χ3n) is 4.68. The van der Waals surface area contributed by atoms with E-state index in [9.17, 15) is 9.18 Å². The quantitative estimate of drug-likeness (QED) is 0.798. The van der Waals surface area contributed by atoms with E-state index >= 15 is 0 Å². The van der Waals surface area contributed by atoms with Crippen molar-refractivity contribution in [1.29, 1.82) is 0 Å². The van der Waals surface area contributed by atoms with Crippen LogP contribution in [0.25, 0.3) is 0 Å². The van der Waals surface area contributed by atoms with Crippen molar-refractivity contribution in [3.05, 3.63) is 47.8 Å². The number of nitrogens with zero attached hydrogens (tertiary/aromatic N) is 2. The van der Waals surface area contributed by atoms with E-state index in [4.69, 9.17) is 0 Å². The van der Waals surface area contributed by atoms with Gasteiger partial charge in [0.2, 0.25) is 0 Å². The van der Waals surface area contributed by atoms with Crippen LogP contribution in [0.3, 0.4) is 0 Å². The number of carbonyl (C=O) groups is 1. The molecule has 1 aromatic carbocycles. The number of hydrogen-bond donors (Lipinski definition) is 0. The van der Waals surface area contributed by atoms with Gasteiger partial charge in [-0.2, -0.15) is 0 Å². The zero-order valence-electron chi connectivity index (χ0n) is 12.4. The number of aryl methyl sites for hydroxylation is 1. The summed E-state index contributed by atoms with van der Waals surface area (Å²) in [6.45, 7) is 10.0. The molecule has 0 radical (unpaired) electrons. The molecule has 3 nitrogen and oxygen atoms in total. The first-order valence-electron chi connectivity index (χ1n) is 7.42. The van der Waals surface area contributed by atoms with Crippen LogP contribution in [0.5, 0.6) is 0 Å². The lowest BCUT2D eigenvalue weighted by Crippen LogP contribution is -2.59. The molecule has 0 aliphatic carbocycles. The first-order valence-corrected chi connectivity index (χ1v) is 7.42. The zero-order valence-corrected chi connectivity index (χ0v) is 12.4. The molecule has 0 aromatic heterocycles. The molecule has 0 N–H and O–H groups in total. The van der Waals surface area contributed by atoms with E-state index in [0.29, 0.717) is 5.56 Å². The molecule has 2 fully saturated rings. The Balaban J connectivity index is 1.67. The molecular weight excluding hydrogens is 267 g/mol. The van der Waals surface area contributed by atoms with Crippen LogP contribution in [0.2, 0.25) is 0 Å². The summed E-state index contributed by atoms with van der Waals surface area (Å²) in [7, 11) is 0. The summed E-state index contributed by atoms with van der Waals surface area (Å²) < 4.78 is 13.9. The van der Waals surface area contributed by atoms with Crippen LogP contribution >= 0.6 is 0 Å². The van der Waals surface area contributed by atoms with Crippen molar-refractivity contribution < 1.29 is 9.18 Å². The molecule has 0 unspecified atom stereocenters. The molecule has 1 aromatic rings. The van der Waals surface area contributed by atoms with Crippen molar-refractivity contribution in [3.8, 4) is 0 Å². The number of benzene rings is 1. The number of halogens is 1. The Labute approximate surface area is 125 Å². The lowest BCUT2D eigenvalue weighted by atomic mass is 9.78. The monoisotopic (exact) mass is 288 g/mol. The minimum Gasteiger partial charge on any atom is -0.337 e. The minimum absolute atomic E-state index is 0.168. The summed E-state index contributed by atoms with van der Waals surface area (Å²) in [5, 5.41) is 0. The van der Waals surface area contributed by atoms with E-state index in [0.717, 1.165) is 39.1 Å². The molecule has 2 heterocycles. The number of carbonyl (C=O) groups excluding carboxylic acids is 1. The van der Waals surface area contributed by atoms with Gasteiger partial charge in [-0.15, -0.1) is 6.58 Å². The van der Waals surface area contributed by atoms with E-state index in [1.165, 1.54) is 6.07 Å². The zero-order chi connectivity index (χ0) is 15.0. The molecule has 1 amide bonds. The van der Waals surface area contributed by atoms with Crippen LogP contribution in [0.15, 0.2) is 30.9 Å². The predicted molar refractivity (Wildman–Crippen MR) is 80.7 cm³/mol. The smallest absolute Gasteiger partial charge is 0.257 e. The van der Waals surface area contributed by atoms with E-state index in [1.807, 2.05) is 6.08 Å². The average molecular weight is 288 g/mol. The Kier molecular flexibility index (Phi) is 3.57. The standard InChI is InChI=1S/C17H21FN2O/c1-3-8-19-9-7-17(10-19)11-20(12-17)16(21)15-13(2)5-4-6-14(15)18/h3-6H,1,7-12H2,2H3. The summed E-state index contributed by atoms with van der Waals surface area (Å²) in [5.74, 6) is -0.584. The van der Waals surface area contributed by atoms with Crippen molar-refractivity contribution in [3.63, 3.8) is 0 Å². The highest BCUT2D eigenvalue weighted by Crippen LogP contribution is 2.40. The molecule has 0 atom stereocenters. The summed E-state index contributed by atoms with van der Waals surface area (Å²) >= 11 is 0. The normalized spacial score (nSPS) is 20.6. The second-order valence-corrected chi connectivity index (χ2v) is 6.37. The van der Waals surface area contributed by atoms with Crippen LogP contribution in [-0.4, -0.2) is 48.4 Å². The largest absolute Gasteiger partial charge is 0.337 e. The van der Waals surface area contributed by atoms with Crippen LogP contribution in [-0.2, 0) is 0 Å². The molecule has 4 heteroatoms. The number of hydrogen-bond acceptors (Lipinski definition) is 2. The van der Waals surface area contributed by atoms with Gasteiger partial charge in [-0.3, -0.25) is 9.69 Å². The molecule has 3 rings (SSSR count).